The summed E-state index contributed by atoms with van der Waals surface area (Å²) in [6, 6.07) is 0.0575. The molecule has 0 atom stereocenters. The van der Waals surface area contributed by atoms with Crippen LogP contribution in [-0.2, 0) is 11.3 Å². The van der Waals surface area contributed by atoms with Crippen LogP contribution in [0.5, 0.6) is 5.88 Å². The van der Waals surface area contributed by atoms with Gasteiger partial charge >= 0.3 is 17.1 Å². The zero-order chi connectivity index (χ0) is 25.6. The molecule has 2 aromatic heterocycles. The fourth-order valence-corrected chi connectivity index (χ4v) is 5.70. The third-order valence-corrected chi connectivity index (χ3v) is 7.84. The number of hydrogen-bond donors (Lipinski definition) is 3. The molecule has 1 spiro atoms. The molecular formula is C26H37N6O4+. The van der Waals surface area contributed by atoms with Crippen LogP contribution in [0.3, 0.4) is 0 Å². The first-order chi connectivity index (χ1) is 17.2. The molecule has 2 aromatic rings. The number of amides is 2. The molecule has 36 heavy (non-hydrogen) atoms. The molecule has 4 heterocycles. The van der Waals surface area contributed by atoms with Gasteiger partial charge in [0.1, 0.15) is 0 Å². The van der Waals surface area contributed by atoms with Crippen molar-refractivity contribution >= 4 is 23.5 Å². The third kappa shape index (κ3) is 4.42. The second kappa shape index (κ2) is 9.38. The number of piperidine rings is 1. The van der Waals surface area contributed by atoms with Gasteiger partial charge in [0.2, 0.25) is 11.5 Å². The third-order valence-electron chi connectivity index (χ3n) is 7.84. The van der Waals surface area contributed by atoms with E-state index in [4.69, 9.17) is 0 Å². The number of rotatable bonds is 6. The van der Waals surface area contributed by atoms with E-state index < -0.39 is 11.5 Å². The van der Waals surface area contributed by atoms with Gasteiger partial charge in [0.15, 0.2) is 0 Å². The molecular weight excluding hydrogens is 460 g/mol. The number of fused-ring (bicyclic) bond motifs is 1. The molecule has 2 saturated heterocycles. The van der Waals surface area contributed by atoms with Crippen LogP contribution in [0.4, 0.5) is 0 Å². The van der Waals surface area contributed by atoms with E-state index in [1.54, 1.807) is 22.9 Å². The summed E-state index contributed by atoms with van der Waals surface area (Å²) < 4.78 is 2.87. The van der Waals surface area contributed by atoms with E-state index in [1.165, 1.54) is 4.52 Å². The Hall–Kier alpha value is -3.14. The predicted octanol–water partition coefficient (Wildman–Crippen LogP) is 1.27. The lowest BCUT2D eigenvalue weighted by atomic mass is 9.85. The Labute approximate surface area is 210 Å². The standard InChI is InChI=1S/C26H36N6O4/c1-17(2)16-30-23-18(5-8-20(33)31-12-4-9-26(31)10-13-29(3)14-11-26)15-27-32(23)25(36)21(24(30)35)22(34)28-19-6-7-19/h5,8,15,17,19H,4,6-7,9-14,16H2,1-3H3,(H2,28,34,35,36)/p+1/b8-5+. The topological polar surface area (TPSA) is 114 Å². The highest BCUT2D eigenvalue weighted by Gasteiger charge is 2.44. The molecule has 5 rings (SSSR count). The van der Waals surface area contributed by atoms with Crippen LogP contribution in [0.15, 0.2) is 17.1 Å². The van der Waals surface area contributed by atoms with E-state index in [2.05, 4.69) is 22.4 Å². The first kappa shape index (κ1) is 24.5. The van der Waals surface area contributed by atoms with Gasteiger partial charge in [0.05, 0.1) is 18.3 Å². The van der Waals surface area contributed by atoms with Gasteiger partial charge in [-0.2, -0.15) is 4.57 Å². The zero-order valence-electron chi connectivity index (χ0n) is 21.4. The number of carbonyl (C=O) groups excluding carboxylic acids is 2. The van der Waals surface area contributed by atoms with Crippen LogP contribution in [-0.4, -0.2) is 74.6 Å². The number of aromatic nitrogens is 3. The van der Waals surface area contributed by atoms with E-state index >= 15 is 0 Å². The van der Waals surface area contributed by atoms with Gasteiger partial charge in [0, 0.05) is 37.3 Å². The number of aromatic hydroxyl groups is 1. The summed E-state index contributed by atoms with van der Waals surface area (Å²) in [6.07, 6.45) is 10.7. The average molecular weight is 498 g/mol. The Kier molecular flexibility index (Phi) is 6.40. The van der Waals surface area contributed by atoms with Crippen molar-refractivity contribution in [3.05, 3.63) is 33.8 Å². The van der Waals surface area contributed by atoms with E-state index in [0.29, 0.717) is 17.8 Å². The quantitative estimate of drug-likeness (QED) is 0.411. The minimum atomic E-state index is -0.614. The van der Waals surface area contributed by atoms with Gasteiger partial charge in [0.25, 0.3) is 5.91 Å². The molecule has 1 saturated carbocycles. The van der Waals surface area contributed by atoms with Crippen LogP contribution in [0.1, 0.15) is 68.3 Å². The van der Waals surface area contributed by atoms with E-state index in [9.17, 15) is 19.5 Å². The molecule has 0 aromatic carbocycles. The van der Waals surface area contributed by atoms with E-state index in [0.717, 1.165) is 58.2 Å². The van der Waals surface area contributed by atoms with Crippen molar-refractivity contribution in [3.63, 3.8) is 0 Å². The molecule has 10 nitrogen and oxygen atoms in total. The van der Waals surface area contributed by atoms with Crippen molar-refractivity contribution in [1.29, 1.82) is 0 Å². The molecule has 3 aliphatic rings. The number of nitrogens with one attached hydrogen (secondary N) is 2. The van der Waals surface area contributed by atoms with Gasteiger partial charge in [-0.25, -0.2) is 9.89 Å². The highest BCUT2D eigenvalue weighted by molar-refractivity contribution is 5.96. The predicted molar refractivity (Wildman–Crippen MR) is 135 cm³/mol. The molecule has 3 N–H and O–H groups in total. The Morgan fingerprint density at radius 2 is 1.97 bits per heavy atom. The number of aromatic amines is 1. The molecule has 0 bridgehead atoms. The summed E-state index contributed by atoms with van der Waals surface area (Å²) in [4.78, 5) is 43.6. The summed E-state index contributed by atoms with van der Waals surface area (Å²) in [7, 11) is 2.12. The molecule has 0 unspecified atom stereocenters. The lowest BCUT2D eigenvalue weighted by Crippen LogP contribution is -2.53. The molecule has 2 aliphatic heterocycles. The maximum Gasteiger partial charge on any atom is 0.378 e. The van der Waals surface area contributed by atoms with Crippen molar-refractivity contribution in [2.75, 3.05) is 26.7 Å². The summed E-state index contributed by atoms with van der Waals surface area (Å²) >= 11 is 0. The fraction of sp³-hybridized carbons (Fsp3) is 0.615. The largest absolute Gasteiger partial charge is 0.477 e. The van der Waals surface area contributed by atoms with E-state index in [1.807, 2.05) is 18.7 Å². The minimum absolute atomic E-state index is 0.0289. The van der Waals surface area contributed by atoms with Crippen molar-refractivity contribution < 1.29 is 19.3 Å². The Bertz CT molecular complexity index is 1260. The molecule has 194 valence electrons. The highest BCUT2D eigenvalue weighted by Crippen LogP contribution is 2.38. The van der Waals surface area contributed by atoms with Crippen LogP contribution >= 0.6 is 0 Å². The minimum Gasteiger partial charge on any atom is -0.477 e. The van der Waals surface area contributed by atoms with Crippen molar-refractivity contribution in [2.24, 2.45) is 5.92 Å². The normalized spacial score (nSPS) is 20.3. The maximum atomic E-state index is 13.3. The molecule has 2 amide bonds. The fourth-order valence-electron chi connectivity index (χ4n) is 5.70. The lowest BCUT2D eigenvalue weighted by Gasteiger charge is -2.43. The van der Waals surface area contributed by atoms with Gasteiger partial charge < -0.3 is 20.2 Å². The Balaban J connectivity index is 1.49. The summed E-state index contributed by atoms with van der Waals surface area (Å²) in [6.45, 7) is 7.13. The average Bonchev–Trinajstić information content (AvgIpc) is 3.39. The van der Waals surface area contributed by atoms with Crippen molar-refractivity contribution in [1.82, 2.24) is 24.7 Å². The first-order valence-electron chi connectivity index (χ1n) is 13.1. The Morgan fingerprint density at radius 1 is 1.25 bits per heavy atom. The van der Waals surface area contributed by atoms with Crippen LogP contribution < -0.4 is 15.4 Å². The monoisotopic (exact) mass is 497 g/mol. The number of likely N-dealkylation sites (tertiary alicyclic amines) is 2. The molecule has 3 fully saturated rings. The van der Waals surface area contributed by atoms with Gasteiger partial charge in [-0.1, -0.05) is 18.4 Å². The maximum absolute atomic E-state index is 13.3. The van der Waals surface area contributed by atoms with Crippen molar-refractivity contribution in [2.45, 2.75) is 70.5 Å². The second-order valence-electron chi connectivity index (χ2n) is 11.1. The van der Waals surface area contributed by atoms with Crippen molar-refractivity contribution in [3.8, 4) is 5.88 Å². The lowest BCUT2D eigenvalue weighted by molar-refractivity contribution is -0.686. The van der Waals surface area contributed by atoms with Gasteiger partial charge in [-0.15, -0.1) is 0 Å². The number of carbonyl (C=O) groups is 2. The summed E-state index contributed by atoms with van der Waals surface area (Å²) in [5, 5.41) is 16.8. The van der Waals surface area contributed by atoms with Crippen LogP contribution in [0.25, 0.3) is 11.7 Å². The molecule has 1 aliphatic carbocycles. The number of hydrogen-bond acceptors (Lipinski definition) is 5. The second-order valence-corrected chi connectivity index (χ2v) is 11.1. The summed E-state index contributed by atoms with van der Waals surface area (Å²) in [5.41, 5.74) is 0.0760. The molecule has 0 radical (unpaired) electrons. The molecule has 10 heteroatoms. The SMILES string of the molecule is CC(C)C[n+]1c(O)c(C(=O)NC2CC2)c(=O)n2[nH]cc(/C=C/C(=O)N3CCCC34CCN(C)CC4)c21. The van der Waals surface area contributed by atoms with E-state index in [-0.39, 0.29) is 34.8 Å². The number of nitrogens with zero attached hydrogens (tertiary/aromatic N) is 4. The highest BCUT2D eigenvalue weighted by atomic mass is 16.3. The Morgan fingerprint density at radius 3 is 2.64 bits per heavy atom. The van der Waals surface area contributed by atoms with Crippen LogP contribution in [0.2, 0.25) is 0 Å². The first-order valence-corrected chi connectivity index (χ1v) is 13.1. The smallest absolute Gasteiger partial charge is 0.378 e. The zero-order valence-corrected chi connectivity index (χ0v) is 21.4. The summed E-state index contributed by atoms with van der Waals surface area (Å²) in [5.74, 6) is -0.800. The van der Waals surface area contributed by atoms with Gasteiger partial charge in [-0.3, -0.25) is 9.59 Å². The number of H-pyrrole nitrogens is 1. The van der Waals surface area contributed by atoms with Crippen LogP contribution in [0, 0.1) is 5.92 Å². The van der Waals surface area contributed by atoms with Gasteiger partial charge in [-0.05, 0) is 57.6 Å².